The first-order valence-corrected chi connectivity index (χ1v) is 5.13. The van der Waals surface area contributed by atoms with E-state index in [1.54, 1.807) is 12.5 Å². The molecule has 1 aliphatic rings. The lowest BCUT2D eigenvalue weighted by Crippen LogP contribution is -2.34. The van der Waals surface area contributed by atoms with Crippen LogP contribution in [0.3, 0.4) is 0 Å². The fourth-order valence-corrected chi connectivity index (χ4v) is 1.71. The molecule has 0 bridgehead atoms. The first-order chi connectivity index (χ1) is 6.85. The zero-order valence-corrected chi connectivity index (χ0v) is 8.61. The zero-order chi connectivity index (χ0) is 9.86. The van der Waals surface area contributed by atoms with Gasteiger partial charge in [0, 0.05) is 0 Å². The van der Waals surface area contributed by atoms with Crippen molar-refractivity contribution < 1.29 is 9.47 Å². The van der Waals surface area contributed by atoms with E-state index in [1.165, 1.54) is 5.56 Å². The van der Waals surface area contributed by atoms with Gasteiger partial charge in [-0.3, -0.25) is 0 Å². The van der Waals surface area contributed by atoms with Crippen LogP contribution in [0.25, 0.3) is 0 Å². The van der Waals surface area contributed by atoms with Crippen molar-refractivity contribution in [3.8, 4) is 0 Å². The van der Waals surface area contributed by atoms with Crippen LogP contribution >= 0.6 is 12.6 Å². The van der Waals surface area contributed by atoms with E-state index in [2.05, 4.69) is 24.8 Å². The molecule has 2 nitrogen and oxygen atoms in total. The molecule has 0 saturated heterocycles. The number of hydrogen-bond donors (Lipinski definition) is 1. The van der Waals surface area contributed by atoms with Crippen molar-refractivity contribution in [1.82, 2.24) is 0 Å². The van der Waals surface area contributed by atoms with E-state index >= 15 is 0 Å². The molecule has 0 amide bonds. The third kappa shape index (κ3) is 1.87. The molecule has 1 aliphatic heterocycles. The normalized spacial score (nSPS) is 17.5. The lowest BCUT2D eigenvalue weighted by Gasteiger charge is -2.25. The highest BCUT2D eigenvalue weighted by molar-refractivity contribution is 7.80. The molecule has 0 N–H and O–H groups in total. The predicted octanol–water partition coefficient (Wildman–Crippen LogP) is 2.37. The van der Waals surface area contributed by atoms with Crippen LogP contribution in [0.2, 0.25) is 0 Å². The second-order valence-electron chi connectivity index (χ2n) is 3.24. The largest absolute Gasteiger partial charge is 0.456 e. The molecule has 1 aromatic carbocycles. The average molecular weight is 208 g/mol. The SMILES string of the molecule is SCC1(Cc2ccccc2)OC=CO1. The highest BCUT2D eigenvalue weighted by Crippen LogP contribution is 2.26. The summed E-state index contributed by atoms with van der Waals surface area (Å²) in [6.07, 6.45) is 3.85. The average Bonchev–Trinajstić information content (AvgIpc) is 2.69. The lowest BCUT2D eigenvalue weighted by atomic mass is 10.1. The minimum absolute atomic E-state index is 0.537. The molecule has 3 heteroatoms. The second kappa shape index (κ2) is 3.96. The summed E-state index contributed by atoms with van der Waals surface area (Å²) in [6, 6.07) is 10.1. The molecular formula is C11H12O2S. The Hall–Kier alpha value is -1.09. The van der Waals surface area contributed by atoms with Gasteiger partial charge in [0.1, 0.15) is 12.5 Å². The van der Waals surface area contributed by atoms with Gasteiger partial charge in [0.05, 0.1) is 12.2 Å². The Morgan fingerprint density at radius 2 is 1.71 bits per heavy atom. The molecule has 74 valence electrons. The summed E-state index contributed by atoms with van der Waals surface area (Å²) in [5.41, 5.74) is 1.19. The molecule has 1 heterocycles. The molecule has 14 heavy (non-hydrogen) atoms. The van der Waals surface area contributed by atoms with Gasteiger partial charge in [0.15, 0.2) is 0 Å². The van der Waals surface area contributed by atoms with Crippen LogP contribution < -0.4 is 0 Å². The molecular weight excluding hydrogens is 196 g/mol. The number of hydrogen-bond acceptors (Lipinski definition) is 3. The maximum absolute atomic E-state index is 5.41. The minimum Gasteiger partial charge on any atom is -0.456 e. The maximum Gasteiger partial charge on any atom is 0.262 e. The molecule has 1 aromatic rings. The quantitative estimate of drug-likeness (QED) is 0.769. The summed E-state index contributed by atoms with van der Waals surface area (Å²) in [7, 11) is 0. The number of rotatable bonds is 3. The molecule has 0 aromatic heterocycles. The van der Waals surface area contributed by atoms with E-state index in [1.807, 2.05) is 18.2 Å². The van der Waals surface area contributed by atoms with Crippen molar-refractivity contribution in [3.63, 3.8) is 0 Å². The first kappa shape index (κ1) is 9.46. The Bertz CT molecular complexity index is 313. The van der Waals surface area contributed by atoms with Crippen molar-refractivity contribution >= 4 is 12.6 Å². The van der Waals surface area contributed by atoms with Gasteiger partial charge in [-0.05, 0) is 5.56 Å². The summed E-state index contributed by atoms with van der Waals surface area (Å²) in [5.74, 6) is -0.0701. The summed E-state index contributed by atoms with van der Waals surface area (Å²) >= 11 is 4.24. The Morgan fingerprint density at radius 1 is 1.07 bits per heavy atom. The number of thiol groups is 1. The van der Waals surface area contributed by atoms with Gasteiger partial charge >= 0.3 is 0 Å². The second-order valence-corrected chi connectivity index (χ2v) is 3.56. The van der Waals surface area contributed by atoms with E-state index in [4.69, 9.17) is 9.47 Å². The van der Waals surface area contributed by atoms with Gasteiger partial charge < -0.3 is 9.47 Å². The van der Waals surface area contributed by atoms with Crippen molar-refractivity contribution in [3.05, 3.63) is 48.4 Å². The third-order valence-corrected chi connectivity index (χ3v) is 2.66. The van der Waals surface area contributed by atoms with E-state index in [0.717, 1.165) is 0 Å². The highest BCUT2D eigenvalue weighted by atomic mass is 32.1. The Balaban J connectivity index is 2.09. The van der Waals surface area contributed by atoms with E-state index < -0.39 is 5.79 Å². The van der Waals surface area contributed by atoms with Crippen LogP contribution in [-0.2, 0) is 15.9 Å². The monoisotopic (exact) mass is 208 g/mol. The van der Waals surface area contributed by atoms with Crippen LogP contribution in [0.15, 0.2) is 42.9 Å². The molecule has 0 unspecified atom stereocenters. The van der Waals surface area contributed by atoms with Gasteiger partial charge in [-0.1, -0.05) is 30.3 Å². The van der Waals surface area contributed by atoms with E-state index in [-0.39, 0.29) is 0 Å². The molecule has 0 atom stereocenters. The molecule has 0 fully saturated rings. The van der Waals surface area contributed by atoms with Crippen LogP contribution in [0, 0.1) is 0 Å². The Morgan fingerprint density at radius 3 is 2.29 bits per heavy atom. The lowest BCUT2D eigenvalue weighted by molar-refractivity contribution is -0.119. The highest BCUT2D eigenvalue weighted by Gasteiger charge is 2.34. The summed E-state index contributed by atoms with van der Waals surface area (Å²) in [4.78, 5) is 0. The van der Waals surface area contributed by atoms with Crippen molar-refractivity contribution in [1.29, 1.82) is 0 Å². The minimum atomic E-state index is -0.607. The number of benzene rings is 1. The maximum atomic E-state index is 5.41. The molecule has 0 spiro atoms. The predicted molar refractivity (Wildman–Crippen MR) is 58.0 cm³/mol. The molecule has 0 aliphatic carbocycles. The van der Waals surface area contributed by atoms with Gasteiger partial charge in [-0.2, -0.15) is 12.6 Å². The number of ether oxygens (including phenoxy) is 2. The zero-order valence-electron chi connectivity index (χ0n) is 7.72. The Kier molecular flexibility index (Phi) is 2.68. The van der Waals surface area contributed by atoms with Crippen molar-refractivity contribution in [2.24, 2.45) is 0 Å². The smallest absolute Gasteiger partial charge is 0.262 e. The van der Waals surface area contributed by atoms with Gasteiger partial charge in [-0.15, -0.1) is 0 Å². The fourth-order valence-electron chi connectivity index (χ4n) is 1.45. The van der Waals surface area contributed by atoms with Crippen LogP contribution in [0.4, 0.5) is 0 Å². The van der Waals surface area contributed by atoms with Crippen LogP contribution in [0.5, 0.6) is 0 Å². The van der Waals surface area contributed by atoms with Gasteiger partial charge in [0.25, 0.3) is 5.79 Å². The Labute approximate surface area is 88.9 Å². The molecule has 0 saturated carbocycles. The van der Waals surface area contributed by atoms with E-state index in [0.29, 0.717) is 12.2 Å². The fraction of sp³-hybridized carbons (Fsp3) is 0.273. The van der Waals surface area contributed by atoms with Crippen LogP contribution in [0.1, 0.15) is 5.56 Å². The topological polar surface area (TPSA) is 18.5 Å². The molecule has 2 rings (SSSR count). The standard InChI is InChI=1S/C11H12O2S/c14-9-11(12-6-7-13-11)8-10-4-2-1-3-5-10/h1-7,14H,8-9H2. The van der Waals surface area contributed by atoms with Crippen molar-refractivity contribution in [2.45, 2.75) is 12.2 Å². The summed E-state index contributed by atoms with van der Waals surface area (Å²) in [6.45, 7) is 0. The summed E-state index contributed by atoms with van der Waals surface area (Å²) < 4.78 is 10.8. The van der Waals surface area contributed by atoms with Crippen molar-refractivity contribution in [2.75, 3.05) is 5.75 Å². The van der Waals surface area contributed by atoms with Gasteiger partial charge in [0.2, 0.25) is 0 Å². The van der Waals surface area contributed by atoms with Gasteiger partial charge in [-0.25, -0.2) is 0 Å². The van der Waals surface area contributed by atoms with E-state index in [9.17, 15) is 0 Å². The molecule has 0 radical (unpaired) electrons. The van der Waals surface area contributed by atoms with Crippen LogP contribution in [-0.4, -0.2) is 11.5 Å². The third-order valence-electron chi connectivity index (χ3n) is 2.18. The first-order valence-electron chi connectivity index (χ1n) is 4.50. The summed E-state index contributed by atoms with van der Waals surface area (Å²) in [5, 5.41) is 0.